The number of benzene rings is 1. The molecule has 1 amide bonds. The molecule has 2 aromatic rings. The highest BCUT2D eigenvalue weighted by Gasteiger charge is 2.05. The second-order valence-electron chi connectivity index (χ2n) is 5.57. The van der Waals surface area contributed by atoms with Crippen LogP contribution in [0.1, 0.15) is 36.5 Å². The molecule has 23 heavy (non-hydrogen) atoms. The number of carbonyl (C=O) groups is 1. The van der Waals surface area contributed by atoms with Crippen LogP contribution in [0, 0.1) is 6.92 Å². The number of aryl methyl sites for hydroxylation is 2. The van der Waals surface area contributed by atoms with Gasteiger partial charge in [0.15, 0.2) is 0 Å². The molecule has 0 aliphatic rings. The first-order chi connectivity index (χ1) is 11.2. The third-order valence-electron chi connectivity index (χ3n) is 3.63. The molecule has 0 saturated carbocycles. The number of carbonyl (C=O) groups excluding carboxylic acids is 1. The van der Waals surface area contributed by atoms with Gasteiger partial charge in [0, 0.05) is 25.4 Å². The molecular weight excluding hydrogens is 288 g/mol. The van der Waals surface area contributed by atoms with Crippen molar-refractivity contribution in [3.8, 4) is 5.75 Å². The van der Waals surface area contributed by atoms with E-state index in [0.717, 1.165) is 35.5 Å². The normalized spacial score (nSPS) is 10.3. The van der Waals surface area contributed by atoms with Crippen molar-refractivity contribution in [2.45, 2.75) is 39.7 Å². The van der Waals surface area contributed by atoms with Crippen LogP contribution in [0.3, 0.4) is 0 Å². The second-order valence-corrected chi connectivity index (χ2v) is 5.57. The molecule has 0 radical (unpaired) electrons. The number of hydrogen-bond donors (Lipinski definition) is 1. The van der Waals surface area contributed by atoms with Crippen molar-refractivity contribution in [1.82, 2.24) is 10.3 Å². The number of aromatic nitrogens is 1. The zero-order chi connectivity index (χ0) is 16.5. The van der Waals surface area contributed by atoms with E-state index in [9.17, 15) is 4.79 Å². The summed E-state index contributed by atoms with van der Waals surface area (Å²) >= 11 is 0. The van der Waals surface area contributed by atoms with Crippen molar-refractivity contribution < 1.29 is 9.53 Å². The predicted octanol–water partition coefficient (Wildman–Crippen LogP) is 3.43. The number of ether oxygens (including phenoxy) is 1. The van der Waals surface area contributed by atoms with Gasteiger partial charge in [0.05, 0.1) is 6.61 Å². The monoisotopic (exact) mass is 312 g/mol. The summed E-state index contributed by atoms with van der Waals surface area (Å²) in [5.74, 6) is 0.940. The first-order valence-corrected chi connectivity index (χ1v) is 8.07. The Morgan fingerprint density at radius 1 is 1.30 bits per heavy atom. The van der Waals surface area contributed by atoms with E-state index in [2.05, 4.69) is 17.2 Å². The molecule has 4 heteroatoms. The predicted molar refractivity (Wildman–Crippen MR) is 91.4 cm³/mol. The maximum Gasteiger partial charge on any atom is 0.220 e. The highest BCUT2D eigenvalue weighted by molar-refractivity contribution is 5.76. The molecule has 2 rings (SSSR count). The van der Waals surface area contributed by atoms with Crippen LogP contribution in [-0.2, 0) is 17.8 Å². The molecule has 0 unspecified atom stereocenters. The van der Waals surface area contributed by atoms with Gasteiger partial charge in [-0.25, -0.2) is 0 Å². The number of nitrogens with one attached hydrogen (secondary N) is 1. The van der Waals surface area contributed by atoms with Gasteiger partial charge in [-0.2, -0.15) is 0 Å². The minimum atomic E-state index is 0.0552. The van der Waals surface area contributed by atoms with E-state index in [1.807, 2.05) is 37.3 Å². The average Bonchev–Trinajstić information content (AvgIpc) is 2.58. The van der Waals surface area contributed by atoms with E-state index in [-0.39, 0.29) is 5.91 Å². The lowest BCUT2D eigenvalue weighted by atomic mass is 10.1. The molecule has 1 heterocycles. The molecule has 0 aliphatic heterocycles. The van der Waals surface area contributed by atoms with E-state index in [1.165, 1.54) is 0 Å². The average molecular weight is 312 g/mol. The Balaban J connectivity index is 1.79. The molecule has 0 atom stereocenters. The highest BCUT2D eigenvalue weighted by Crippen LogP contribution is 2.17. The fourth-order valence-corrected chi connectivity index (χ4v) is 2.26. The van der Waals surface area contributed by atoms with Gasteiger partial charge in [-0.1, -0.05) is 19.1 Å². The maximum atomic E-state index is 12.0. The summed E-state index contributed by atoms with van der Waals surface area (Å²) in [6, 6.07) is 9.87. The third kappa shape index (κ3) is 5.74. The fraction of sp³-hybridized carbons (Fsp3) is 0.368. The van der Waals surface area contributed by atoms with Gasteiger partial charge in [0.1, 0.15) is 5.75 Å². The highest BCUT2D eigenvalue weighted by atomic mass is 16.5. The van der Waals surface area contributed by atoms with E-state index in [4.69, 9.17) is 4.74 Å². The van der Waals surface area contributed by atoms with Gasteiger partial charge in [0.25, 0.3) is 0 Å². The van der Waals surface area contributed by atoms with Crippen LogP contribution in [-0.4, -0.2) is 17.5 Å². The lowest BCUT2D eigenvalue weighted by Gasteiger charge is -2.11. The summed E-state index contributed by atoms with van der Waals surface area (Å²) < 4.78 is 5.61. The van der Waals surface area contributed by atoms with E-state index >= 15 is 0 Å². The first-order valence-electron chi connectivity index (χ1n) is 8.07. The van der Waals surface area contributed by atoms with Gasteiger partial charge in [-0.15, -0.1) is 0 Å². The van der Waals surface area contributed by atoms with Crippen molar-refractivity contribution in [3.05, 3.63) is 59.4 Å². The van der Waals surface area contributed by atoms with Crippen LogP contribution in [0.5, 0.6) is 5.75 Å². The molecule has 0 spiro atoms. The summed E-state index contributed by atoms with van der Waals surface area (Å²) in [6.45, 7) is 5.40. The zero-order valence-corrected chi connectivity index (χ0v) is 13.8. The summed E-state index contributed by atoms with van der Waals surface area (Å²) in [5.41, 5.74) is 3.32. The molecule has 0 aliphatic carbocycles. The number of amides is 1. The van der Waals surface area contributed by atoms with Crippen molar-refractivity contribution in [1.29, 1.82) is 0 Å². The molecule has 0 saturated heterocycles. The summed E-state index contributed by atoms with van der Waals surface area (Å²) in [7, 11) is 0. The summed E-state index contributed by atoms with van der Waals surface area (Å²) in [5, 5.41) is 2.97. The SMILES string of the molecule is CCCOc1ccc(CNC(=O)CCc2cccnc2)c(C)c1. The Morgan fingerprint density at radius 2 is 2.17 bits per heavy atom. The first kappa shape index (κ1) is 17.0. The van der Waals surface area contributed by atoms with Gasteiger partial charge in [-0.05, 0) is 54.7 Å². The smallest absolute Gasteiger partial charge is 0.220 e. The molecule has 1 N–H and O–H groups in total. The van der Waals surface area contributed by atoms with E-state index in [0.29, 0.717) is 19.4 Å². The Kier molecular flexibility index (Phi) is 6.60. The molecule has 0 bridgehead atoms. The van der Waals surface area contributed by atoms with Crippen LogP contribution in [0.15, 0.2) is 42.7 Å². The largest absolute Gasteiger partial charge is 0.494 e. The van der Waals surface area contributed by atoms with Gasteiger partial charge >= 0.3 is 0 Å². The third-order valence-corrected chi connectivity index (χ3v) is 3.63. The number of pyridine rings is 1. The summed E-state index contributed by atoms with van der Waals surface area (Å²) in [6.07, 6.45) is 5.71. The molecular formula is C19H24N2O2. The lowest BCUT2D eigenvalue weighted by Crippen LogP contribution is -2.23. The van der Waals surface area contributed by atoms with Crippen molar-refractivity contribution in [2.75, 3.05) is 6.61 Å². The zero-order valence-electron chi connectivity index (χ0n) is 13.8. The van der Waals surface area contributed by atoms with Gasteiger partial charge < -0.3 is 10.1 Å². The number of nitrogens with zero attached hydrogens (tertiary/aromatic N) is 1. The van der Waals surface area contributed by atoms with Crippen LogP contribution in [0.4, 0.5) is 0 Å². The molecule has 122 valence electrons. The Hall–Kier alpha value is -2.36. The Morgan fingerprint density at radius 3 is 2.87 bits per heavy atom. The second kappa shape index (κ2) is 8.93. The maximum absolute atomic E-state index is 12.0. The Bertz CT molecular complexity index is 627. The number of rotatable bonds is 8. The Labute approximate surface area is 137 Å². The quantitative estimate of drug-likeness (QED) is 0.812. The topological polar surface area (TPSA) is 51.2 Å². The van der Waals surface area contributed by atoms with E-state index in [1.54, 1.807) is 12.4 Å². The van der Waals surface area contributed by atoms with Crippen LogP contribution < -0.4 is 10.1 Å². The van der Waals surface area contributed by atoms with Crippen molar-refractivity contribution in [3.63, 3.8) is 0 Å². The van der Waals surface area contributed by atoms with Crippen LogP contribution >= 0.6 is 0 Å². The van der Waals surface area contributed by atoms with Crippen molar-refractivity contribution in [2.24, 2.45) is 0 Å². The van der Waals surface area contributed by atoms with E-state index < -0.39 is 0 Å². The standard InChI is InChI=1S/C19H24N2O2/c1-3-11-23-18-8-7-17(15(2)12-18)14-21-19(22)9-6-16-5-4-10-20-13-16/h4-5,7-8,10,12-13H,3,6,9,11,14H2,1-2H3,(H,21,22). The van der Waals surface area contributed by atoms with Crippen molar-refractivity contribution >= 4 is 5.91 Å². The van der Waals surface area contributed by atoms with Gasteiger partial charge in [-0.3, -0.25) is 9.78 Å². The summed E-state index contributed by atoms with van der Waals surface area (Å²) in [4.78, 5) is 16.0. The van der Waals surface area contributed by atoms with Crippen LogP contribution in [0.2, 0.25) is 0 Å². The minimum absolute atomic E-state index is 0.0552. The molecule has 1 aromatic heterocycles. The van der Waals surface area contributed by atoms with Gasteiger partial charge in [0.2, 0.25) is 5.91 Å². The molecule has 4 nitrogen and oxygen atoms in total. The lowest BCUT2D eigenvalue weighted by molar-refractivity contribution is -0.121. The molecule has 1 aromatic carbocycles. The number of hydrogen-bond acceptors (Lipinski definition) is 3. The van der Waals surface area contributed by atoms with Crippen LogP contribution in [0.25, 0.3) is 0 Å². The minimum Gasteiger partial charge on any atom is -0.494 e. The molecule has 0 fully saturated rings. The fourth-order valence-electron chi connectivity index (χ4n) is 2.26.